The molecule has 0 radical (unpaired) electrons. The number of hydrogen-bond acceptors (Lipinski definition) is 4. The molecule has 0 aliphatic carbocycles. The average Bonchev–Trinajstić information content (AvgIpc) is 2.77. The molecular formula is C14H13N3O2. The number of nitrogens with one attached hydrogen (secondary N) is 1. The highest BCUT2D eigenvalue weighted by molar-refractivity contribution is 6.03. The molecule has 0 unspecified atom stereocenters. The molecule has 19 heavy (non-hydrogen) atoms. The van der Waals surface area contributed by atoms with E-state index in [-0.39, 0.29) is 23.7 Å². The number of benzene rings is 1. The third kappa shape index (κ3) is 2.29. The van der Waals surface area contributed by atoms with Gasteiger partial charge in [0.1, 0.15) is 23.1 Å². The van der Waals surface area contributed by atoms with Crippen LogP contribution in [0.3, 0.4) is 0 Å². The molecule has 2 aromatic rings. The lowest BCUT2D eigenvalue weighted by Gasteiger charge is -2.05. The Labute approximate surface area is 110 Å². The second kappa shape index (κ2) is 5.27. The van der Waals surface area contributed by atoms with Crippen molar-refractivity contribution in [1.82, 2.24) is 4.98 Å². The van der Waals surface area contributed by atoms with E-state index < -0.39 is 5.97 Å². The summed E-state index contributed by atoms with van der Waals surface area (Å²) < 4.78 is 4.98. The number of nitriles is 1. The standard InChI is InChI=1S/C14H13N3O2/c1-2-19-14(18)12-11(9-6-4-3-5-7-9)10(8-15)17-13(12)16/h3-7,17H,2,16H2,1H3. The Morgan fingerprint density at radius 1 is 1.42 bits per heavy atom. The molecule has 1 aromatic heterocycles. The van der Waals surface area contributed by atoms with Crippen molar-refractivity contribution in [3.8, 4) is 17.2 Å². The van der Waals surface area contributed by atoms with Crippen molar-refractivity contribution in [1.29, 1.82) is 5.26 Å². The number of hydrogen-bond donors (Lipinski definition) is 2. The number of ether oxygens (including phenoxy) is 1. The van der Waals surface area contributed by atoms with Gasteiger partial charge >= 0.3 is 5.97 Å². The van der Waals surface area contributed by atoms with Gasteiger partial charge in [-0.1, -0.05) is 30.3 Å². The number of nitrogens with zero attached hydrogens (tertiary/aromatic N) is 1. The van der Waals surface area contributed by atoms with Gasteiger partial charge in [0.2, 0.25) is 0 Å². The van der Waals surface area contributed by atoms with E-state index in [1.54, 1.807) is 6.92 Å². The van der Waals surface area contributed by atoms with E-state index in [0.717, 1.165) is 5.56 Å². The molecule has 2 rings (SSSR count). The number of rotatable bonds is 3. The van der Waals surface area contributed by atoms with Gasteiger partial charge in [-0.25, -0.2) is 4.79 Å². The fourth-order valence-electron chi connectivity index (χ4n) is 1.91. The molecule has 0 fully saturated rings. The lowest BCUT2D eigenvalue weighted by molar-refractivity contribution is 0.0528. The van der Waals surface area contributed by atoms with E-state index in [4.69, 9.17) is 15.7 Å². The van der Waals surface area contributed by atoms with Crippen LogP contribution in [0.4, 0.5) is 5.82 Å². The van der Waals surface area contributed by atoms with Crippen LogP contribution in [0.5, 0.6) is 0 Å². The zero-order valence-electron chi connectivity index (χ0n) is 10.4. The maximum absolute atomic E-state index is 12.0. The van der Waals surface area contributed by atoms with Gasteiger partial charge in [0.15, 0.2) is 0 Å². The third-order valence-corrected chi connectivity index (χ3v) is 2.68. The Balaban J connectivity index is 2.64. The molecule has 0 saturated heterocycles. The lowest BCUT2D eigenvalue weighted by atomic mass is 10.0. The van der Waals surface area contributed by atoms with Crippen LogP contribution in [-0.2, 0) is 4.74 Å². The first-order valence-electron chi connectivity index (χ1n) is 5.83. The molecule has 1 heterocycles. The van der Waals surface area contributed by atoms with Gasteiger partial charge in [-0.05, 0) is 12.5 Å². The minimum atomic E-state index is -0.531. The zero-order valence-corrected chi connectivity index (χ0v) is 10.4. The monoisotopic (exact) mass is 255 g/mol. The van der Waals surface area contributed by atoms with Crippen LogP contribution >= 0.6 is 0 Å². The molecule has 5 heteroatoms. The highest BCUT2D eigenvalue weighted by Gasteiger charge is 2.23. The van der Waals surface area contributed by atoms with Gasteiger partial charge in [0, 0.05) is 5.56 Å². The molecular weight excluding hydrogens is 242 g/mol. The highest BCUT2D eigenvalue weighted by Crippen LogP contribution is 2.31. The number of nitrogen functional groups attached to an aromatic ring is 1. The highest BCUT2D eigenvalue weighted by atomic mass is 16.5. The predicted molar refractivity (Wildman–Crippen MR) is 71.3 cm³/mol. The van der Waals surface area contributed by atoms with Crippen molar-refractivity contribution >= 4 is 11.8 Å². The summed E-state index contributed by atoms with van der Waals surface area (Å²) in [7, 11) is 0. The number of carbonyl (C=O) groups is 1. The van der Waals surface area contributed by atoms with Gasteiger partial charge in [-0.2, -0.15) is 5.26 Å². The number of H-pyrrole nitrogens is 1. The van der Waals surface area contributed by atoms with Crippen LogP contribution in [0.15, 0.2) is 30.3 Å². The molecule has 0 aliphatic rings. The van der Waals surface area contributed by atoms with E-state index in [1.165, 1.54) is 0 Å². The van der Waals surface area contributed by atoms with Crippen LogP contribution in [0.2, 0.25) is 0 Å². The van der Waals surface area contributed by atoms with Crippen LogP contribution < -0.4 is 5.73 Å². The maximum Gasteiger partial charge on any atom is 0.342 e. The number of nitrogens with two attached hydrogens (primary N) is 1. The summed E-state index contributed by atoms with van der Waals surface area (Å²) in [6, 6.07) is 11.1. The molecule has 1 aromatic carbocycles. The largest absolute Gasteiger partial charge is 0.462 e. The molecule has 0 bridgehead atoms. The van der Waals surface area contributed by atoms with Gasteiger partial charge < -0.3 is 15.5 Å². The molecule has 96 valence electrons. The number of aromatic amines is 1. The zero-order chi connectivity index (χ0) is 13.8. The molecule has 0 amide bonds. The first-order valence-corrected chi connectivity index (χ1v) is 5.83. The molecule has 5 nitrogen and oxygen atoms in total. The molecule has 3 N–H and O–H groups in total. The molecule has 0 atom stereocenters. The van der Waals surface area contributed by atoms with Gasteiger partial charge in [-0.15, -0.1) is 0 Å². The van der Waals surface area contributed by atoms with Crippen molar-refractivity contribution in [2.24, 2.45) is 0 Å². The fourth-order valence-corrected chi connectivity index (χ4v) is 1.91. The van der Waals surface area contributed by atoms with Crippen molar-refractivity contribution < 1.29 is 9.53 Å². The van der Waals surface area contributed by atoms with Crippen LogP contribution in [0.1, 0.15) is 23.0 Å². The Morgan fingerprint density at radius 2 is 2.11 bits per heavy atom. The quantitative estimate of drug-likeness (QED) is 0.823. The predicted octanol–water partition coefficient (Wildman–Crippen LogP) is 2.31. The van der Waals surface area contributed by atoms with E-state index in [9.17, 15) is 4.79 Å². The Morgan fingerprint density at radius 3 is 2.68 bits per heavy atom. The minimum absolute atomic E-state index is 0.147. The third-order valence-electron chi connectivity index (χ3n) is 2.68. The molecule has 0 spiro atoms. The van der Waals surface area contributed by atoms with Gasteiger partial charge in [0.05, 0.1) is 6.61 Å². The Hall–Kier alpha value is -2.74. The molecule has 0 aliphatic heterocycles. The van der Waals surface area contributed by atoms with E-state index in [1.807, 2.05) is 36.4 Å². The van der Waals surface area contributed by atoms with Crippen LogP contribution in [0, 0.1) is 11.3 Å². The van der Waals surface area contributed by atoms with E-state index in [0.29, 0.717) is 5.56 Å². The van der Waals surface area contributed by atoms with Crippen LogP contribution in [0.25, 0.3) is 11.1 Å². The first kappa shape index (κ1) is 12.7. The summed E-state index contributed by atoms with van der Waals surface area (Å²) in [6.07, 6.45) is 0. The van der Waals surface area contributed by atoms with Crippen molar-refractivity contribution in [3.63, 3.8) is 0 Å². The topological polar surface area (TPSA) is 91.9 Å². The van der Waals surface area contributed by atoms with Crippen molar-refractivity contribution in [2.45, 2.75) is 6.92 Å². The van der Waals surface area contributed by atoms with Crippen LogP contribution in [-0.4, -0.2) is 17.6 Å². The van der Waals surface area contributed by atoms with E-state index >= 15 is 0 Å². The summed E-state index contributed by atoms with van der Waals surface area (Å²) in [4.78, 5) is 14.7. The summed E-state index contributed by atoms with van der Waals surface area (Å²) in [5.41, 5.74) is 7.48. The maximum atomic E-state index is 12.0. The van der Waals surface area contributed by atoms with Gasteiger partial charge in [0.25, 0.3) is 0 Å². The smallest absolute Gasteiger partial charge is 0.342 e. The SMILES string of the molecule is CCOC(=O)c1c(N)[nH]c(C#N)c1-c1ccccc1. The minimum Gasteiger partial charge on any atom is -0.462 e. The number of aromatic nitrogens is 1. The second-order valence-corrected chi connectivity index (χ2v) is 3.86. The Bertz CT molecular complexity index is 639. The summed E-state index contributed by atoms with van der Waals surface area (Å²) in [5.74, 6) is -0.384. The molecule has 0 saturated carbocycles. The first-order chi connectivity index (χ1) is 9.19. The second-order valence-electron chi connectivity index (χ2n) is 3.86. The Kier molecular flexibility index (Phi) is 3.53. The number of anilines is 1. The van der Waals surface area contributed by atoms with E-state index in [2.05, 4.69) is 4.98 Å². The van der Waals surface area contributed by atoms with Gasteiger partial charge in [-0.3, -0.25) is 0 Å². The van der Waals surface area contributed by atoms with Crippen molar-refractivity contribution in [2.75, 3.05) is 12.3 Å². The average molecular weight is 255 g/mol. The number of esters is 1. The normalized spacial score (nSPS) is 9.89. The summed E-state index contributed by atoms with van der Waals surface area (Å²) in [6.45, 7) is 1.97. The number of carbonyl (C=O) groups excluding carboxylic acids is 1. The lowest BCUT2D eigenvalue weighted by Crippen LogP contribution is -2.07. The summed E-state index contributed by atoms with van der Waals surface area (Å²) >= 11 is 0. The van der Waals surface area contributed by atoms with Crippen molar-refractivity contribution in [3.05, 3.63) is 41.6 Å². The fraction of sp³-hybridized carbons (Fsp3) is 0.143. The summed E-state index contributed by atoms with van der Waals surface area (Å²) in [5, 5.41) is 9.14.